The van der Waals surface area contributed by atoms with Crippen molar-refractivity contribution in [1.29, 1.82) is 0 Å². The van der Waals surface area contributed by atoms with Crippen LogP contribution in [0.4, 0.5) is 8.78 Å². The number of hydrogen-bond acceptors (Lipinski definition) is 6. The number of aliphatic hydroxyl groups is 1. The standard InChI is InChI=1S/C16H19F2N3O3/c1-21(16(10-22)4-6-23-7-5-16)9-14-19-15(20-24-14)11-2-3-12(17)13(18)8-11/h2-3,8,22H,4-7,9-10H2,1H3. The van der Waals surface area contributed by atoms with Crippen LogP contribution in [0.25, 0.3) is 11.4 Å². The summed E-state index contributed by atoms with van der Waals surface area (Å²) in [5, 5.41) is 13.6. The second kappa shape index (κ2) is 6.92. The van der Waals surface area contributed by atoms with Gasteiger partial charge >= 0.3 is 0 Å². The Morgan fingerprint density at radius 3 is 2.67 bits per heavy atom. The fraction of sp³-hybridized carbons (Fsp3) is 0.500. The smallest absolute Gasteiger partial charge is 0.241 e. The molecule has 24 heavy (non-hydrogen) atoms. The molecule has 0 aliphatic carbocycles. The first-order valence-electron chi connectivity index (χ1n) is 7.72. The van der Waals surface area contributed by atoms with Crippen LogP contribution >= 0.6 is 0 Å². The Bertz CT molecular complexity index is 702. The molecule has 1 fully saturated rings. The second-order valence-corrected chi connectivity index (χ2v) is 5.99. The lowest BCUT2D eigenvalue weighted by Crippen LogP contribution is -2.52. The molecule has 0 saturated carbocycles. The number of hydrogen-bond donors (Lipinski definition) is 1. The van der Waals surface area contributed by atoms with E-state index in [2.05, 4.69) is 10.1 Å². The van der Waals surface area contributed by atoms with Gasteiger partial charge in [0.05, 0.1) is 13.2 Å². The Balaban J connectivity index is 1.74. The predicted molar refractivity (Wildman–Crippen MR) is 81.0 cm³/mol. The summed E-state index contributed by atoms with van der Waals surface area (Å²) in [6.45, 7) is 1.54. The van der Waals surface area contributed by atoms with E-state index in [0.717, 1.165) is 12.1 Å². The van der Waals surface area contributed by atoms with Crippen LogP contribution < -0.4 is 0 Å². The van der Waals surface area contributed by atoms with Crippen LogP contribution in [-0.4, -0.2) is 52.6 Å². The number of rotatable bonds is 5. The molecule has 0 unspecified atom stereocenters. The molecule has 2 aromatic rings. The summed E-state index contributed by atoms with van der Waals surface area (Å²) in [7, 11) is 1.88. The van der Waals surface area contributed by atoms with Crippen LogP contribution in [0.1, 0.15) is 18.7 Å². The maximum absolute atomic E-state index is 13.3. The average Bonchev–Trinajstić information content (AvgIpc) is 3.06. The van der Waals surface area contributed by atoms with Crippen LogP contribution in [0.15, 0.2) is 22.7 Å². The monoisotopic (exact) mass is 339 g/mol. The summed E-state index contributed by atoms with van der Waals surface area (Å²) < 4.78 is 36.9. The molecule has 1 aliphatic heterocycles. The van der Waals surface area contributed by atoms with Crippen molar-refractivity contribution in [1.82, 2.24) is 15.0 Å². The topological polar surface area (TPSA) is 71.6 Å². The lowest BCUT2D eigenvalue weighted by Gasteiger charge is -2.42. The van der Waals surface area contributed by atoms with Gasteiger partial charge in [0.2, 0.25) is 11.7 Å². The molecule has 2 heterocycles. The van der Waals surface area contributed by atoms with E-state index < -0.39 is 11.6 Å². The van der Waals surface area contributed by atoms with Crippen LogP contribution in [0.5, 0.6) is 0 Å². The van der Waals surface area contributed by atoms with Crippen molar-refractivity contribution >= 4 is 0 Å². The second-order valence-electron chi connectivity index (χ2n) is 5.99. The van der Waals surface area contributed by atoms with Crippen LogP contribution in [0.3, 0.4) is 0 Å². The lowest BCUT2D eigenvalue weighted by atomic mass is 9.89. The Kier molecular flexibility index (Phi) is 4.88. The Morgan fingerprint density at radius 2 is 2.00 bits per heavy atom. The van der Waals surface area contributed by atoms with Crippen LogP contribution in [-0.2, 0) is 11.3 Å². The first-order valence-corrected chi connectivity index (χ1v) is 7.72. The van der Waals surface area contributed by atoms with E-state index in [1.165, 1.54) is 6.07 Å². The molecule has 1 saturated heterocycles. The van der Waals surface area contributed by atoms with E-state index >= 15 is 0 Å². The molecule has 130 valence electrons. The lowest BCUT2D eigenvalue weighted by molar-refractivity contribution is -0.0521. The van der Waals surface area contributed by atoms with Crippen LogP contribution in [0.2, 0.25) is 0 Å². The largest absolute Gasteiger partial charge is 0.394 e. The molecule has 0 radical (unpaired) electrons. The summed E-state index contributed by atoms with van der Waals surface area (Å²) in [5.41, 5.74) is -0.0380. The van der Waals surface area contributed by atoms with Gasteiger partial charge in [-0.2, -0.15) is 4.98 Å². The van der Waals surface area contributed by atoms with Gasteiger partial charge in [-0.05, 0) is 38.1 Å². The maximum Gasteiger partial charge on any atom is 0.241 e. The molecule has 0 spiro atoms. The number of aliphatic hydroxyl groups excluding tert-OH is 1. The summed E-state index contributed by atoms with van der Waals surface area (Å²) in [5.74, 6) is -1.34. The number of likely N-dealkylation sites (N-methyl/N-ethyl adjacent to an activating group) is 1. The molecule has 8 heteroatoms. The number of halogens is 2. The van der Waals surface area contributed by atoms with Crippen molar-refractivity contribution in [3.63, 3.8) is 0 Å². The zero-order valence-electron chi connectivity index (χ0n) is 13.3. The molecule has 1 aliphatic rings. The minimum Gasteiger partial charge on any atom is -0.394 e. The molecule has 1 N–H and O–H groups in total. The van der Waals surface area contributed by atoms with Crippen molar-refractivity contribution < 1.29 is 23.1 Å². The summed E-state index contributed by atoms with van der Waals surface area (Å²) >= 11 is 0. The third-order valence-electron chi connectivity index (χ3n) is 4.55. The van der Waals surface area contributed by atoms with E-state index in [1.807, 2.05) is 11.9 Å². The highest BCUT2D eigenvalue weighted by Gasteiger charge is 2.36. The van der Waals surface area contributed by atoms with Gasteiger partial charge in [-0.1, -0.05) is 5.16 Å². The van der Waals surface area contributed by atoms with Gasteiger partial charge in [0, 0.05) is 24.3 Å². The van der Waals surface area contributed by atoms with Crippen molar-refractivity contribution in [3.05, 3.63) is 35.7 Å². The van der Waals surface area contributed by atoms with Crippen molar-refractivity contribution in [2.24, 2.45) is 0 Å². The molecular formula is C16H19F2N3O3. The zero-order chi connectivity index (χ0) is 17.2. The predicted octanol–water partition coefficient (Wildman–Crippen LogP) is 1.99. The third-order valence-corrected chi connectivity index (χ3v) is 4.55. The molecule has 0 amide bonds. The molecule has 1 aromatic carbocycles. The van der Waals surface area contributed by atoms with Gasteiger partial charge in [-0.25, -0.2) is 8.78 Å². The van der Waals surface area contributed by atoms with E-state index in [1.54, 1.807) is 0 Å². The molecular weight excluding hydrogens is 320 g/mol. The first-order chi connectivity index (χ1) is 11.5. The van der Waals surface area contributed by atoms with E-state index in [4.69, 9.17) is 9.26 Å². The first kappa shape index (κ1) is 16.9. The SMILES string of the molecule is CN(Cc1nc(-c2ccc(F)c(F)c2)no1)C1(CO)CCOCC1. The van der Waals surface area contributed by atoms with E-state index in [0.29, 0.717) is 44.1 Å². The fourth-order valence-electron chi connectivity index (χ4n) is 2.85. The number of benzene rings is 1. The minimum absolute atomic E-state index is 0.0109. The molecule has 3 rings (SSSR count). The quantitative estimate of drug-likeness (QED) is 0.898. The summed E-state index contributed by atoms with van der Waals surface area (Å²) in [6, 6.07) is 3.45. The molecule has 1 aromatic heterocycles. The van der Waals surface area contributed by atoms with E-state index in [-0.39, 0.29) is 18.0 Å². The van der Waals surface area contributed by atoms with Gasteiger partial charge in [0.25, 0.3) is 0 Å². The highest BCUT2D eigenvalue weighted by Crippen LogP contribution is 2.28. The van der Waals surface area contributed by atoms with Gasteiger partial charge in [0.15, 0.2) is 11.6 Å². The normalized spacial score (nSPS) is 17.4. The van der Waals surface area contributed by atoms with Crippen molar-refractivity contribution in [2.45, 2.75) is 24.9 Å². The fourth-order valence-corrected chi connectivity index (χ4v) is 2.85. The number of aromatic nitrogens is 2. The molecule has 0 atom stereocenters. The van der Waals surface area contributed by atoms with Crippen LogP contribution in [0, 0.1) is 11.6 Å². The minimum atomic E-state index is -0.961. The van der Waals surface area contributed by atoms with Gasteiger partial charge in [-0.15, -0.1) is 0 Å². The third kappa shape index (κ3) is 3.31. The molecule has 0 bridgehead atoms. The Morgan fingerprint density at radius 1 is 1.25 bits per heavy atom. The van der Waals surface area contributed by atoms with Gasteiger partial charge in [-0.3, -0.25) is 4.90 Å². The Hall–Kier alpha value is -1.90. The Labute approximate surface area is 138 Å². The highest BCUT2D eigenvalue weighted by molar-refractivity contribution is 5.54. The average molecular weight is 339 g/mol. The highest BCUT2D eigenvalue weighted by atomic mass is 19.2. The zero-order valence-corrected chi connectivity index (χ0v) is 13.3. The van der Waals surface area contributed by atoms with E-state index in [9.17, 15) is 13.9 Å². The van der Waals surface area contributed by atoms with Crippen molar-refractivity contribution in [2.75, 3.05) is 26.9 Å². The molecule has 6 nitrogen and oxygen atoms in total. The maximum atomic E-state index is 13.3. The number of ether oxygens (including phenoxy) is 1. The van der Waals surface area contributed by atoms with Gasteiger partial charge in [0.1, 0.15) is 0 Å². The van der Waals surface area contributed by atoms with Gasteiger partial charge < -0.3 is 14.4 Å². The summed E-state index contributed by atoms with van der Waals surface area (Å²) in [6.07, 6.45) is 1.42. The van der Waals surface area contributed by atoms with Crippen molar-refractivity contribution in [3.8, 4) is 11.4 Å². The summed E-state index contributed by atoms with van der Waals surface area (Å²) in [4.78, 5) is 6.20. The number of nitrogens with zero attached hydrogens (tertiary/aromatic N) is 3.